The lowest BCUT2D eigenvalue weighted by Crippen LogP contribution is -2.15. The number of Topliss-reactive ketones (excluding diaryl/α,β-unsaturated/α-hetero) is 1. The molecule has 2 aromatic rings. The number of ketones is 1. The Bertz CT molecular complexity index is 742. The fourth-order valence-corrected chi connectivity index (χ4v) is 1.98. The molecule has 0 aliphatic heterocycles. The van der Waals surface area contributed by atoms with Crippen molar-refractivity contribution in [2.24, 2.45) is 5.73 Å². The summed E-state index contributed by atoms with van der Waals surface area (Å²) in [4.78, 5) is 34.8. The van der Waals surface area contributed by atoms with Crippen LogP contribution in [-0.4, -0.2) is 17.6 Å². The van der Waals surface area contributed by atoms with Crippen molar-refractivity contribution in [3.05, 3.63) is 65.5 Å². The maximum atomic E-state index is 12.8. The molecule has 0 saturated carbocycles. The lowest BCUT2D eigenvalue weighted by atomic mass is 10.1. The molecule has 0 aliphatic rings. The number of hydrogen-bond donors (Lipinski definition) is 2. The molecule has 0 spiro atoms. The van der Waals surface area contributed by atoms with E-state index in [1.807, 2.05) is 0 Å². The summed E-state index contributed by atoms with van der Waals surface area (Å²) in [6, 6.07) is 11.4. The van der Waals surface area contributed by atoms with E-state index in [0.29, 0.717) is 11.3 Å². The van der Waals surface area contributed by atoms with Gasteiger partial charge in [0.25, 0.3) is 0 Å². The minimum atomic E-state index is -0.590. The van der Waals surface area contributed by atoms with Crippen LogP contribution < -0.4 is 11.1 Å². The van der Waals surface area contributed by atoms with Crippen molar-refractivity contribution in [2.75, 3.05) is 5.32 Å². The van der Waals surface area contributed by atoms with Gasteiger partial charge in [0.05, 0.1) is 0 Å². The lowest BCUT2D eigenvalue weighted by Gasteiger charge is -2.06. The molecule has 0 radical (unpaired) electrons. The van der Waals surface area contributed by atoms with E-state index in [9.17, 15) is 18.8 Å². The van der Waals surface area contributed by atoms with Crippen molar-refractivity contribution in [3.8, 4) is 0 Å². The van der Waals surface area contributed by atoms with Crippen LogP contribution in [0.1, 0.15) is 33.6 Å². The van der Waals surface area contributed by atoms with Gasteiger partial charge in [-0.3, -0.25) is 14.4 Å². The van der Waals surface area contributed by atoms with Crippen molar-refractivity contribution in [1.29, 1.82) is 0 Å². The van der Waals surface area contributed by atoms with Crippen LogP contribution in [0, 0.1) is 5.82 Å². The number of hydrogen-bond acceptors (Lipinski definition) is 3. The number of nitrogens with one attached hydrogen (secondary N) is 1. The van der Waals surface area contributed by atoms with Crippen LogP contribution in [0.25, 0.3) is 0 Å². The van der Waals surface area contributed by atoms with Crippen LogP contribution in [-0.2, 0) is 4.79 Å². The molecule has 0 bridgehead atoms. The van der Waals surface area contributed by atoms with Gasteiger partial charge in [0.1, 0.15) is 5.82 Å². The van der Waals surface area contributed by atoms with Crippen LogP contribution in [0.15, 0.2) is 48.5 Å². The summed E-state index contributed by atoms with van der Waals surface area (Å²) in [6.07, 6.45) is -0.00994. The normalized spacial score (nSPS) is 10.1. The van der Waals surface area contributed by atoms with Crippen molar-refractivity contribution in [2.45, 2.75) is 12.8 Å². The fourth-order valence-electron chi connectivity index (χ4n) is 1.98. The molecule has 0 atom stereocenters. The summed E-state index contributed by atoms with van der Waals surface area (Å²) in [7, 11) is 0. The average molecular weight is 314 g/mol. The molecule has 0 heterocycles. The third-order valence-electron chi connectivity index (χ3n) is 3.18. The number of carbonyl (C=O) groups is 3. The molecule has 3 N–H and O–H groups in total. The Balaban J connectivity index is 1.90. The summed E-state index contributed by atoms with van der Waals surface area (Å²) in [5, 5.41) is 2.59. The zero-order valence-electron chi connectivity index (χ0n) is 12.2. The summed E-state index contributed by atoms with van der Waals surface area (Å²) in [5.41, 5.74) is 6.23. The fraction of sp³-hybridized carbons (Fsp3) is 0.118. The van der Waals surface area contributed by atoms with Crippen LogP contribution in [0.3, 0.4) is 0 Å². The standard InChI is InChI=1S/C17H15FN2O3/c18-13-6-4-11(5-7-13)15(21)8-9-16(22)20-14-3-1-2-12(10-14)17(19)23/h1-7,10H,8-9H2,(H2,19,23)(H,20,22). The maximum Gasteiger partial charge on any atom is 0.248 e. The molecule has 0 unspecified atom stereocenters. The SMILES string of the molecule is NC(=O)c1cccc(NC(=O)CCC(=O)c2ccc(F)cc2)c1. The molecule has 6 heteroatoms. The van der Waals surface area contributed by atoms with E-state index in [1.54, 1.807) is 12.1 Å². The van der Waals surface area contributed by atoms with Gasteiger partial charge in [0.15, 0.2) is 5.78 Å². The van der Waals surface area contributed by atoms with E-state index < -0.39 is 11.7 Å². The van der Waals surface area contributed by atoms with Crippen LogP contribution in [0.4, 0.5) is 10.1 Å². The molecule has 0 aliphatic carbocycles. The number of carbonyl (C=O) groups excluding carboxylic acids is 3. The van der Waals surface area contributed by atoms with E-state index in [4.69, 9.17) is 5.73 Å². The van der Waals surface area contributed by atoms with E-state index in [0.717, 1.165) is 0 Å². The first-order chi connectivity index (χ1) is 11.0. The number of benzene rings is 2. The van der Waals surface area contributed by atoms with Crippen LogP contribution >= 0.6 is 0 Å². The second kappa shape index (κ2) is 7.31. The van der Waals surface area contributed by atoms with E-state index >= 15 is 0 Å². The Morgan fingerprint density at radius 2 is 1.65 bits per heavy atom. The number of anilines is 1. The van der Waals surface area contributed by atoms with E-state index in [1.165, 1.54) is 36.4 Å². The van der Waals surface area contributed by atoms with Crippen molar-refractivity contribution < 1.29 is 18.8 Å². The summed E-state index contributed by atoms with van der Waals surface area (Å²) in [6.45, 7) is 0. The van der Waals surface area contributed by atoms with Gasteiger partial charge in [-0.05, 0) is 42.5 Å². The number of rotatable bonds is 6. The molecule has 2 amide bonds. The molecule has 5 nitrogen and oxygen atoms in total. The van der Waals surface area contributed by atoms with Crippen molar-refractivity contribution >= 4 is 23.3 Å². The van der Waals surface area contributed by atoms with Crippen molar-refractivity contribution in [3.63, 3.8) is 0 Å². The highest BCUT2D eigenvalue weighted by Gasteiger charge is 2.10. The highest BCUT2D eigenvalue weighted by atomic mass is 19.1. The van der Waals surface area contributed by atoms with Gasteiger partial charge in [-0.15, -0.1) is 0 Å². The zero-order valence-corrected chi connectivity index (χ0v) is 12.2. The molecule has 2 rings (SSSR count). The van der Waals surface area contributed by atoms with Crippen molar-refractivity contribution in [1.82, 2.24) is 0 Å². The molecular formula is C17H15FN2O3. The monoisotopic (exact) mass is 314 g/mol. The molecule has 0 aromatic heterocycles. The minimum absolute atomic E-state index is 0.00692. The predicted molar refractivity (Wildman–Crippen MR) is 83.6 cm³/mol. The van der Waals surface area contributed by atoms with Gasteiger partial charge in [-0.1, -0.05) is 6.07 Å². The second-order valence-corrected chi connectivity index (χ2v) is 4.92. The lowest BCUT2D eigenvalue weighted by molar-refractivity contribution is -0.116. The number of nitrogens with two attached hydrogens (primary N) is 1. The zero-order chi connectivity index (χ0) is 16.8. The molecule has 23 heavy (non-hydrogen) atoms. The average Bonchev–Trinajstić information content (AvgIpc) is 2.53. The molecule has 0 saturated heterocycles. The minimum Gasteiger partial charge on any atom is -0.366 e. The summed E-state index contributed by atoms with van der Waals surface area (Å²) < 4.78 is 12.8. The van der Waals surface area contributed by atoms with E-state index in [-0.39, 0.29) is 30.1 Å². The quantitative estimate of drug-likeness (QED) is 0.803. The van der Waals surface area contributed by atoms with Crippen LogP contribution in [0.5, 0.6) is 0 Å². The first kappa shape index (κ1) is 16.4. The Labute approximate surface area is 132 Å². The Morgan fingerprint density at radius 3 is 2.30 bits per heavy atom. The highest BCUT2D eigenvalue weighted by Crippen LogP contribution is 2.12. The third kappa shape index (κ3) is 4.74. The second-order valence-electron chi connectivity index (χ2n) is 4.92. The Morgan fingerprint density at radius 1 is 0.957 bits per heavy atom. The van der Waals surface area contributed by atoms with Gasteiger partial charge in [0.2, 0.25) is 11.8 Å². The summed E-state index contributed by atoms with van der Waals surface area (Å²) >= 11 is 0. The third-order valence-corrected chi connectivity index (χ3v) is 3.18. The highest BCUT2D eigenvalue weighted by molar-refractivity contribution is 6.00. The molecule has 118 valence electrons. The topological polar surface area (TPSA) is 89.3 Å². The van der Waals surface area contributed by atoms with Crippen LogP contribution in [0.2, 0.25) is 0 Å². The molecule has 0 fully saturated rings. The number of primary amides is 1. The van der Waals surface area contributed by atoms with E-state index in [2.05, 4.69) is 5.32 Å². The van der Waals surface area contributed by atoms with Gasteiger partial charge in [-0.2, -0.15) is 0 Å². The largest absolute Gasteiger partial charge is 0.366 e. The first-order valence-electron chi connectivity index (χ1n) is 6.94. The van der Waals surface area contributed by atoms with Gasteiger partial charge in [-0.25, -0.2) is 4.39 Å². The van der Waals surface area contributed by atoms with Gasteiger partial charge >= 0.3 is 0 Å². The number of halogens is 1. The first-order valence-corrected chi connectivity index (χ1v) is 6.94. The number of amides is 2. The molecular weight excluding hydrogens is 299 g/mol. The maximum absolute atomic E-state index is 12.8. The Hall–Kier alpha value is -3.02. The molecule has 2 aromatic carbocycles. The van der Waals surface area contributed by atoms with Gasteiger partial charge in [0, 0.05) is 29.7 Å². The summed E-state index contributed by atoms with van der Waals surface area (Å²) in [5.74, 6) is -1.62. The Kier molecular flexibility index (Phi) is 5.19. The smallest absolute Gasteiger partial charge is 0.248 e. The van der Waals surface area contributed by atoms with Gasteiger partial charge < -0.3 is 11.1 Å². The predicted octanol–water partition coefficient (Wildman–Crippen LogP) is 2.53.